The number of aliphatic carboxylic acids is 1. The molecule has 19 heavy (non-hydrogen) atoms. The highest BCUT2D eigenvalue weighted by Gasteiger charge is 2.30. The highest BCUT2D eigenvalue weighted by atomic mass is 32.2. The highest BCUT2D eigenvalue weighted by molar-refractivity contribution is 7.84. The molecule has 3 atom stereocenters. The molecule has 110 valence electrons. The first-order chi connectivity index (χ1) is 9.00. The molecule has 0 aromatic rings. The van der Waals surface area contributed by atoms with Crippen molar-refractivity contribution < 1.29 is 18.9 Å². The predicted octanol–water partition coefficient (Wildman–Crippen LogP) is 0.698. The van der Waals surface area contributed by atoms with E-state index in [-0.39, 0.29) is 12.1 Å². The molecule has 1 rings (SSSR count). The molecule has 0 aliphatic heterocycles. The Kier molecular flexibility index (Phi) is 6.83. The number of carbonyl (C=O) groups is 2. The van der Waals surface area contributed by atoms with Crippen LogP contribution in [-0.4, -0.2) is 45.9 Å². The quantitative estimate of drug-likeness (QED) is 0.649. The number of nitrogens with one attached hydrogen (secondary N) is 2. The zero-order valence-corrected chi connectivity index (χ0v) is 12.0. The third-order valence-electron chi connectivity index (χ3n) is 3.32. The number of carboxylic acids is 1. The average Bonchev–Trinajstić information content (AvgIpc) is 2.53. The monoisotopic (exact) mass is 290 g/mol. The van der Waals surface area contributed by atoms with Gasteiger partial charge < -0.3 is 15.7 Å². The summed E-state index contributed by atoms with van der Waals surface area (Å²) in [6, 6.07) is -0.685. The van der Waals surface area contributed by atoms with Crippen LogP contribution in [0.15, 0.2) is 0 Å². The van der Waals surface area contributed by atoms with Crippen LogP contribution >= 0.6 is 0 Å². The third-order valence-corrected chi connectivity index (χ3v) is 4.10. The summed E-state index contributed by atoms with van der Waals surface area (Å²) in [5.41, 5.74) is 0. The molecule has 0 aromatic carbocycles. The van der Waals surface area contributed by atoms with Crippen molar-refractivity contribution in [2.75, 3.05) is 18.6 Å². The number of carboxylic acid groups (broad SMARTS) is 1. The Labute approximate surface area is 115 Å². The third kappa shape index (κ3) is 6.04. The average molecular weight is 290 g/mol. The first-order valence-electron chi connectivity index (χ1n) is 6.58. The van der Waals surface area contributed by atoms with Gasteiger partial charge in [0.2, 0.25) is 0 Å². The molecule has 0 spiro atoms. The smallest absolute Gasteiger partial charge is 0.315 e. The van der Waals surface area contributed by atoms with Crippen LogP contribution in [0, 0.1) is 5.92 Å². The number of amides is 2. The first-order valence-corrected chi connectivity index (χ1v) is 8.30. The highest BCUT2D eigenvalue weighted by Crippen LogP contribution is 2.23. The number of carbonyl (C=O) groups excluding carboxylic acids is 1. The molecule has 6 nitrogen and oxygen atoms in total. The number of hydrogen-bond acceptors (Lipinski definition) is 3. The van der Waals surface area contributed by atoms with Crippen molar-refractivity contribution in [1.82, 2.24) is 10.6 Å². The van der Waals surface area contributed by atoms with Crippen molar-refractivity contribution in [1.29, 1.82) is 0 Å². The summed E-state index contributed by atoms with van der Waals surface area (Å²) in [6.07, 6.45) is 5.73. The van der Waals surface area contributed by atoms with Gasteiger partial charge in [-0.25, -0.2) is 4.79 Å². The molecule has 0 heterocycles. The largest absolute Gasteiger partial charge is 0.481 e. The maximum atomic E-state index is 11.7. The maximum absolute atomic E-state index is 11.7. The second-order valence-electron chi connectivity index (χ2n) is 4.87. The Morgan fingerprint density at radius 1 is 1.26 bits per heavy atom. The van der Waals surface area contributed by atoms with E-state index in [0.717, 1.165) is 19.3 Å². The zero-order chi connectivity index (χ0) is 14.3. The van der Waals surface area contributed by atoms with Gasteiger partial charge in [-0.2, -0.15) is 0 Å². The Bertz CT molecular complexity index is 349. The fraction of sp³-hybridized carbons (Fsp3) is 0.833. The molecule has 3 unspecified atom stereocenters. The van der Waals surface area contributed by atoms with Crippen LogP contribution < -0.4 is 10.6 Å². The van der Waals surface area contributed by atoms with Crippen LogP contribution in [0.3, 0.4) is 0 Å². The van der Waals surface area contributed by atoms with Crippen LogP contribution in [0.2, 0.25) is 0 Å². The van der Waals surface area contributed by atoms with E-state index in [1.54, 1.807) is 6.26 Å². The summed E-state index contributed by atoms with van der Waals surface area (Å²) in [5.74, 6) is -0.948. The van der Waals surface area contributed by atoms with Gasteiger partial charge in [-0.3, -0.25) is 9.00 Å². The van der Waals surface area contributed by atoms with Gasteiger partial charge >= 0.3 is 12.0 Å². The first kappa shape index (κ1) is 15.9. The van der Waals surface area contributed by atoms with E-state index in [9.17, 15) is 18.9 Å². The zero-order valence-electron chi connectivity index (χ0n) is 11.2. The van der Waals surface area contributed by atoms with E-state index in [0.29, 0.717) is 25.1 Å². The van der Waals surface area contributed by atoms with Gasteiger partial charge in [-0.05, 0) is 12.8 Å². The van der Waals surface area contributed by atoms with E-state index in [4.69, 9.17) is 0 Å². The van der Waals surface area contributed by atoms with Crippen LogP contribution in [0.5, 0.6) is 0 Å². The van der Waals surface area contributed by atoms with Gasteiger partial charge in [0.1, 0.15) is 0 Å². The summed E-state index contributed by atoms with van der Waals surface area (Å²) in [4.78, 5) is 22.8. The maximum Gasteiger partial charge on any atom is 0.315 e. The molecule has 1 saturated carbocycles. The summed E-state index contributed by atoms with van der Waals surface area (Å²) < 4.78 is 10.9. The lowest BCUT2D eigenvalue weighted by atomic mass is 9.95. The van der Waals surface area contributed by atoms with Gasteiger partial charge in [0.25, 0.3) is 0 Å². The van der Waals surface area contributed by atoms with Gasteiger partial charge in [0.05, 0.1) is 5.92 Å². The lowest BCUT2D eigenvalue weighted by molar-refractivity contribution is -0.142. The topological polar surface area (TPSA) is 95.5 Å². The fourth-order valence-corrected chi connectivity index (χ4v) is 2.69. The van der Waals surface area contributed by atoms with Crippen LogP contribution in [-0.2, 0) is 15.6 Å². The number of urea groups is 1. The molecule has 1 fully saturated rings. The van der Waals surface area contributed by atoms with E-state index in [1.807, 2.05) is 0 Å². The Morgan fingerprint density at radius 2 is 1.95 bits per heavy atom. The second kappa shape index (κ2) is 8.14. The lowest BCUT2D eigenvalue weighted by Gasteiger charge is -2.22. The Balaban J connectivity index is 2.44. The second-order valence-corrected chi connectivity index (χ2v) is 6.42. The van der Waals surface area contributed by atoms with Gasteiger partial charge in [-0.1, -0.05) is 19.3 Å². The minimum atomic E-state index is -0.942. The molecule has 1 aliphatic carbocycles. The van der Waals surface area contributed by atoms with Crippen LogP contribution in [0.25, 0.3) is 0 Å². The molecule has 3 N–H and O–H groups in total. The Morgan fingerprint density at radius 3 is 2.58 bits per heavy atom. The van der Waals surface area contributed by atoms with Crippen molar-refractivity contribution in [2.45, 2.75) is 38.1 Å². The molecule has 2 amide bonds. The number of hydrogen-bond donors (Lipinski definition) is 3. The van der Waals surface area contributed by atoms with Crippen LogP contribution in [0.4, 0.5) is 4.79 Å². The predicted molar refractivity (Wildman–Crippen MR) is 73.5 cm³/mol. The van der Waals surface area contributed by atoms with Crippen LogP contribution in [0.1, 0.15) is 32.1 Å². The molecular weight excluding hydrogens is 268 g/mol. The standard InChI is InChI=1S/C12H22N2O4S/c1-19(18)8-7-13-12(17)14-10-6-4-2-3-5-9(10)11(15)16/h9-10H,2-8H2,1H3,(H,15,16)(H2,13,14,17). The summed E-state index contributed by atoms with van der Waals surface area (Å²) in [6.45, 7) is 0.333. The lowest BCUT2D eigenvalue weighted by Crippen LogP contribution is -2.47. The van der Waals surface area contributed by atoms with E-state index >= 15 is 0 Å². The molecule has 0 bridgehead atoms. The van der Waals surface area contributed by atoms with Crippen molar-refractivity contribution in [2.24, 2.45) is 5.92 Å². The van der Waals surface area contributed by atoms with E-state index in [1.165, 1.54) is 0 Å². The molecule has 0 radical (unpaired) electrons. The molecule has 1 aliphatic rings. The van der Waals surface area contributed by atoms with E-state index < -0.39 is 22.7 Å². The van der Waals surface area contributed by atoms with Crippen molar-refractivity contribution >= 4 is 22.8 Å². The molecule has 0 saturated heterocycles. The van der Waals surface area contributed by atoms with Gasteiger partial charge in [0, 0.05) is 35.4 Å². The summed E-state index contributed by atoms with van der Waals surface area (Å²) in [5, 5.41) is 14.5. The minimum absolute atomic E-state index is 0.313. The van der Waals surface area contributed by atoms with Gasteiger partial charge in [0.15, 0.2) is 0 Å². The summed E-state index contributed by atoms with van der Waals surface area (Å²) in [7, 11) is -0.942. The Hall–Kier alpha value is -1.11. The minimum Gasteiger partial charge on any atom is -0.481 e. The molecule has 7 heteroatoms. The van der Waals surface area contributed by atoms with Crippen molar-refractivity contribution in [3.8, 4) is 0 Å². The summed E-state index contributed by atoms with van der Waals surface area (Å²) >= 11 is 0. The van der Waals surface area contributed by atoms with Gasteiger partial charge in [-0.15, -0.1) is 0 Å². The SMILES string of the molecule is CS(=O)CCNC(=O)NC1CCCCCC1C(=O)O. The molecule has 0 aromatic heterocycles. The van der Waals surface area contributed by atoms with Crippen molar-refractivity contribution in [3.05, 3.63) is 0 Å². The fourth-order valence-electron chi connectivity index (χ4n) is 2.30. The van der Waals surface area contributed by atoms with Crippen molar-refractivity contribution in [3.63, 3.8) is 0 Å². The van der Waals surface area contributed by atoms with E-state index in [2.05, 4.69) is 10.6 Å². The normalized spacial score (nSPS) is 25.1. The molecular formula is C12H22N2O4S. The number of rotatable bonds is 5.